The number of hydrogen-bond acceptors (Lipinski definition) is 24. The highest BCUT2D eigenvalue weighted by molar-refractivity contribution is 8.03. The van der Waals surface area contributed by atoms with Gasteiger partial charge in [0.15, 0.2) is 17.3 Å². The molecule has 0 spiro atoms. The van der Waals surface area contributed by atoms with Gasteiger partial charge in [0.05, 0.1) is 109 Å². The van der Waals surface area contributed by atoms with E-state index >= 15 is 0 Å². The van der Waals surface area contributed by atoms with Crippen molar-refractivity contribution in [3.8, 4) is 0 Å². The fourth-order valence-electron chi connectivity index (χ4n) is 13.5. The van der Waals surface area contributed by atoms with Crippen LogP contribution in [-0.2, 0) is 33.4 Å². The molecule has 1 saturated heterocycles. The number of aliphatic hydroxyl groups excluding tert-OH is 15. The van der Waals surface area contributed by atoms with Crippen LogP contribution in [0.25, 0.3) is 0 Å². The average Bonchev–Trinajstić information content (AvgIpc) is 0.791. The second kappa shape index (κ2) is 50.8. The van der Waals surface area contributed by atoms with Crippen molar-refractivity contribution in [1.29, 1.82) is 0 Å². The van der Waals surface area contributed by atoms with Gasteiger partial charge in [0.25, 0.3) is 0 Å². The molecule has 24 atom stereocenters. The van der Waals surface area contributed by atoms with E-state index in [9.17, 15) is 101 Å². The minimum atomic E-state index is -2.25. The monoisotopic (exact) mass is 1510 g/mol. The Morgan fingerprint density at radius 1 is 0.604 bits per heavy atom. The minimum absolute atomic E-state index is 0.0382. The topological polar surface area (TPSA) is 420 Å². The first-order valence-corrected chi connectivity index (χ1v) is 39.3. The molecule has 3 aliphatic rings. The van der Waals surface area contributed by atoms with Gasteiger partial charge in [-0.05, 0) is 114 Å². The summed E-state index contributed by atoms with van der Waals surface area (Å²) in [6, 6.07) is 0. The number of ether oxygens (including phenoxy) is 3. The van der Waals surface area contributed by atoms with Crippen LogP contribution in [0.3, 0.4) is 0 Å². The molecule has 23 nitrogen and oxygen atoms in total. The molecule has 24 heteroatoms. The molecule has 16 N–H and O–H groups in total. The molecule has 1 aliphatic carbocycles. The maximum Gasteiger partial charge on any atom is 0.311 e. The molecule has 2 heterocycles. The molecule has 24 unspecified atom stereocenters. The van der Waals surface area contributed by atoms with Crippen LogP contribution in [0.5, 0.6) is 0 Å². The van der Waals surface area contributed by atoms with Crippen molar-refractivity contribution in [3.63, 3.8) is 0 Å². The lowest BCUT2D eigenvalue weighted by Gasteiger charge is -2.46. The van der Waals surface area contributed by atoms with Crippen LogP contribution in [0.1, 0.15) is 196 Å². The van der Waals surface area contributed by atoms with Crippen molar-refractivity contribution in [2.24, 2.45) is 35.5 Å². The Labute approximate surface area is 633 Å². The number of esters is 1. The first kappa shape index (κ1) is 95.3. The van der Waals surface area contributed by atoms with Crippen molar-refractivity contribution < 1.29 is 115 Å². The first-order valence-electron chi connectivity index (χ1n) is 38.1. The Balaban J connectivity index is 1.78. The van der Waals surface area contributed by atoms with Gasteiger partial charge in [0, 0.05) is 74.5 Å². The van der Waals surface area contributed by atoms with Gasteiger partial charge in [-0.3, -0.25) is 19.2 Å². The van der Waals surface area contributed by atoms with Crippen LogP contribution in [0.2, 0.25) is 0 Å². The molecule has 0 aromatic heterocycles. The molecule has 3 rings (SSSR count). The zero-order valence-electron chi connectivity index (χ0n) is 63.9. The number of cyclic esters (lactones) is 1. The second-order valence-corrected chi connectivity index (χ2v) is 30.8. The number of carbonyl (C=O) groups is 4. The number of allylic oxidation sites excluding steroid dienone is 14. The summed E-state index contributed by atoms with van der Waals surface area (Å²) in [6.45, 7) is 12.2. The van der Waals surface area contributed by atoms with Crippen LogP contribution in [-0.4, -0.2) is 228 Å². The average molecular weight is 1520 g/mol. The van der Waals surface area contributed by atoms with Crippen LogP contribution in [0.15, 0.2) is 131 Å². The first-order chi connectivity index (χ1) is 50.1. The van der Waals surface area contributed by atoms with Crippen molar-refractivity contribution in [2.45, 2.75) is 306 Å². The largest absolute Gasteiger partial charge is 0.504 e. The summed E-state index contributed by atoms with van der Waals surface area (Å²) in [5.41, 5.74) is 0.580. The van der Waals surface area contributed by atoms with E-state index in [1.165, 1.54) is 25.3 Å². The summed E-state index contributed by atoms with van der Waals surface area (Å²) in [7, 11) is 1.42. The van der Waals surface area contributed by atoms with Gasteiger partial charge in [-0.15, -0.1) is 11.8 Å². The molecule has 602 valence electrons. The van der Waals surface area contributed by atoms with E-state index in [2.05, 4.69) is 0 Å². The van der Waals surface area contributed by atoms with Crippen molar-refractivity contribution in [1.82, 2.24) is 0 Å². The Kier molecular flexibility index (Phi) is 45.7. The van der Waals surface area contributed by atoms with E-state index in [0.717, 1.165) is 43.5 Å². The number of ketones is 3. The highest BCUT2D eigenvalue weighted by Crippen LogP contribution is 2.39. The zero-order valence-corrected chi connectivity index (χ0v) is 64.7. The third-order valence-corrected chi connectivity index (χ3v) is 21.2. The number of Topliss-reactive ketones (excluding diaryl/α,β-unsaturated/α-hetero) is 2. The van der Waals surface area contributed by atoms with Crippen molar-refractivity contribution in [3.05, 3.63) is 131 Å². The quantitative estimate of drug-likeness (QED) is 0.0590. The molecule has 0 amide bonds. The lowest BCUT2D eigenvalue weighted by molar-refractivity contribution is -0.302. The SMILES string of the molecule is COC(CCC(C)/C=C/C=C/C1CC(O)CC(O)CCCCCCCC(O)CC(O)C/C=C/C=C/C=C/C(O)CC(=O)CC(O)C/C=C/C=C/C(O)CC(O)CC(O)CCC(C)C(O)CC(O)C(C)C(O)/C(C)=C/C=C\C(C)C(O)C(C)C2OC(O)(CC(=O)O1)CC(O)C2C)C1=C(SC)C(=O)C=C(O)C1=O. The van der Waals surface area contributed by atoms with Crippen LogP contribution in [0, 0.1) is 35.5 Å². The number of carbonyl (C=O) groups excluding carboxylic acids is 4. The maximum atomic E-state index is 14.0. The number of rotatable bonds is 9. The van der Waals surface area contributed by atoms with Crippen molar-refractivity contribution in [2.75, 3.05) is 13.4 Å². The number of aliphatic hydroxyl groups is 16. The van der Waals surface area contributed by atoms with E-state index in [4.69, 9.17) is 14.2 Å². The normalized spacial score (nSPS) is 38.3. The lowest BCUT2D eigenvalue weighted by atomic mass is 9.78. The summed E-state index contributed by atoms with van der Waals surface area (Å²) >= 11 is 1.10. The fourth-order valence-corrected chi connectivity index (χ4v) is 14.2. The lowest BCUT2D eigenvalue weighted by Crippen LogP contribution is -2.55. The minimum Gasteiger partial charge on any atom is -0.504 e. The molecule has 0 aromatic rings. The van der Waals surface area contributed by atoms with E-state index < -0.39 is 163 Å². The summed E-state index contributed by atoms with van der Waals surface area (Å²) < 4.78 is 17.8. The highest BCUT2D eigenvalue weighted by Gasteiger charge is 2.49. The van der Waals surface area contributed by atoms with Gasteiger partial charge in [-0.1, -0.05) is 171 Å². The van der Waals surface area contributed by atoms with Gasteiger partial charge in [0.2, 0.25) is 5.78 Å². The molecule has 1 fully saturated rings. The smallest absolute Gasteiger partial charge is 0.311 e. The molecule has 0 saturated carbocycles. The third-order valence-electron chi connectivity index (χ3n) is 20.4. The molecule has 0 radical (unpaired) electrons. The molecule has 0 aromatic carbocycles. The number of fused-ring (bicyclic) bond motifs is 2. The predicted octanol–water partition coefficient (Wildman–Crippen LogP) is 8.03. The third kappa shape index (κ3) is 36.7. The standard InChI is InChI=1S/C82H130O23S/c1-51(36-39-74(103-8)76-79(101)71(95)48-72(96)81(76)106-9)26-23-24-35-68-46-67(92)44-63(88)32-20-15-11-13-18-30-59(84)40-58(83)29-17-12-10-14-19-31-60(85)41-65(90)42-61(86)33-21-16-22-34-62(87)43-66(91)45-64(89)38-37-52(2)69(93)47-70(94)55(5)77(99)53(3)27-25-28-54(4)78(100)57(7)80-56(6)73(97)49-82(102,105-80)50-75(98)104-68/h10,12,14,16-17,19,21-28,31,34-35,48,51-52,54-64,66-70,73-74,77-78,80,83-89,91-95,97,99-100,102H,11,13,15,18,20,29-30,32-33,36-47,49-50H2,1-9H3/b14-10+,17-12+,21-16+,26-23+,28-25-,31-19+,34-22+,35-24+,53-27+. The van der Waals surface area contributed by atoms with E-state index in [-0.39, 0.29) is 98.7 Å². The van der Waals surface area contributed by atoms with Gasteiger partial charge in [-0.2, -0.15) is 0 Å². The molecular formula is C82H130O23S. The second-order valence-electron chi connectivity index (χ2n) is 30.0. The number of hydrogen-bond donors (Lipinski definition) is 16. The fraction of sp³-hybridized carbons (Fsp3) is 0.683. The van der Waals surface area contributed by atoms with Gasteiger partial charge in [-0.25, -0.2) is 0 Å². The Bertz CT molecular complexity index is 2950. The molecular weight excluding hydrogens is 1380 g/mol. The Hall–Kier alpha value is -4.91. The van der Waals surface area contributed by atoms with Gasteiger partial charge < -0.3 is 95.9 Å². The maximum absolute atomic E-state index is 14.0. The van der Waals surface area contributed by atoms with Crippen LogP contribution < -0.4 is 0 Å². The summed E-state index contributed by atoms with van der Waals surface area (Å²) in [5.74, 6) is -8.41. The molecule has 2 bridgehead atoms. The Morgan fingerprint density at radius 3 is 1.84 bits per heavy atom. The predicted molar refractivity (Wildman–Crippen MR) is 409 cm³/mol. The van der Waals surface area contributed by atoms with Crippen LogP contribution in [0.4, 0.5) is 0 Å². The van der Waals surface area contributed by atoms with Crippen LogP contribution >= 0.6 is 11.8 Å². The van der Waals surface area contributed by atoms with Gasteiger partial charge in [0.1, 0.15) is 11.9 Å². The summed E-state index contributed by atoms with van der Waals surface area (Å²) in [6.07, 6.45) is 18.1. The van der Waals surface area contributed by atoms with E-state index in [1.54, 1.807) is 127 Å². The highest BCUT2D eigenvalue weighted by atomic mass is 32.2. The van der Waals surface area contributed by atoms with Crippen molar-refractivity contribution >= 4 is 35.1 Å². The number of methoxy groups -OCH3 is 1. The van der Waals surface area contributed by atoms with Gasteiger partial charge >= 0.3 is 5.97 Å². The summed E-state index contributed by atoms with van der Waals surface area (Å²) in [4.78, 5) is 52.3. The molecule has 2 aliphatic heterocycles. The number of thioether (sulfide) groups is 1. The Morgan fingerprint density at radius 2 is 1.19 bits per heavy atom. The van der Waals surface area contributed by atoms with E-state index in [1.807, 2.05) is 13.0 Å². The molecule has 106 heavy (non-hydrogen) atoms. The van der Waals surface area contributed by atoms with E-state index in [0.29, 0.717) is 50.5 Å². The summed E-state index contributed by atoms with van der Waals surface area (Å²) in [5, 5.41) is 175. The zero-order chi connectivity index (χ0) is 79.2.